The van der Waals surface area contributed by atoms with Gasteiger partial charge in [0.25, 0.3) is 0 Å². The van der Waals surface area contributed by atoms with Gasteiger partial charge < -0.3 is 15.6 Å². The molecule has 192 valence electrons. The van der Waals surface area contributed by atoms with Gasteiger partial charge in [-0.1, -0.05) is 58.9 Å². The Bertz CT molecular complexity index is 1210. The van der Waals surface area contributed by atoms with E-state index in [4.69, 9.17) is 15.5 Å². The molecule has 1 heterocycles. The lowest BCUT2D eigenvalue weighted by atomic mass is 9.89. The quantitative estimate of drug-likeness (QED) is 0.265. The molecular weight excluding hydrogens is 472 g/mol. The molecule has 36 heavy (non-hydrogen) atoms. The predicted molar refractivity (Wildman–Crippen MR) is 147 cm³/mol. The number of hydrogen-bond acceptors (Lipinski definition) is 7. The van der Waals surface area contributed by atoms with E-state index in [-0.39, 0.29) is 17.0 Å². The molecule has 8 heteroatoms. The summed E-state index contributed by atoms with van der Waals surface area (Å²) in [6.45, 7) is 13.2. The SMILES string of the molecule is Cc1cccc(C(C)C)c1-c1cc(OCC(N)CC(C)(C)C)nc(NSc2cccc(C(=O)O)c2)n1. The molecule has 0 aliphatic heterocycles. The number of carbonyl (C=O) groups is 1. The second kappa shape index (κ2) is 11.8. The van der Waals surface area contributed by atoms with Crippen molar-refractivity contribution in [1.82, 2.24) is 9.97 Å². The Morgan fingerprint density at radius 1 is 1.14 bits per heavy atom. The number of carboxylic acids is 1. The summed E-state index contributed by atoms with van der Waals surface area (Å²) in [6.07, 6.45) is 0.821. The van der Waals surface area contributed by atoms with Gasteiger partial charge >= 0.3 is 5.97 Å². The fourth-order valence-corrected chi connectivity index (χ4v) is 4.66. The molecule has 1 aromatic heterocycles. The number of aromatic carboxylic acids is 1. The third-order valence-electron chi connectivity index (χ3n) is 5.55. The standard InChI is InChI=1S/C28H36N4O3S/c1-17(2)22-12-7-9-18(3)25(22)23-14-24(35-16-20(29)15-28(4,5)6)31-27(30-23)32-36-21-11-8-10-19(13-21)26(33)34/h7-14,17,20H,15-16,29H2,1-6H3,(H,33,34)(H,30,31,32). The molecule has 0 radical (unpaired) electrons. The van der Waals surface area contributed by atoms with Crippen molar-refractivity contribution >= 4 is 23.9 Å². The van der Waals surface area contributed by atoms with Crippen molar-refractivity contribution < 1.29 is 14.6 Å². The van der Waals surface area contributed by atoms with Crippen molar-refractivity contribution in [2.45, 2.75) is 64.8 Å². The average molecular weight is 509 g/mol. The second-order valence-electron chi connectivity index (χ2n) is 10.5. The van der Waals surface area contributed by atoms with Gasteiger partial charge in [0.2, 0.25) is 11.8 Å². The molecule has 0 saturated carbocycles. The molecule has 0 fully saturated rings. The number of hydrogen-bond donors (Lipinski definition) is 3. The van der Waals surface area contributed by atoms with E-state index in [1.807, 2.05) is 12.1 Å². The van der Waals surface area contributed by atoms with Crippen LogP contribution in [0.25, 0.3) is 11.3 Å². The number of nitrogens with zero attached hydrogens (tertiary/aromatic N) is 2. The van der Waals surface area contributed by atoms with Gasteiger partial charge in [0.05, 0.1) is 11.3 Å². The number of nitrogens with one attached hydrogen (secondary N) is 1. The Kier molecular flexibility index (Phi) is 8.98. The Morgan fingerprint density at radius 3 is 2.53 bits per heavy atom. The highest BCUT2D eigenvalue weighted by Crippen LogP contribution is 2.34. The summed E-state index contributed by atoms with van der Waals surface area (Å²) in [4.78, 5) is 21.4. The Morgan fingerprint density at radius 2 is 1.86 bits per heavy atom. The van der Waals surface area contributed by atoms with Crippen LogP contribution in [0.15, 0.2) is 53.4 Å². The first-order valence-corrected chi connectivity index (χ1v) is 12.9. The summed E-state index contributed by atoms with van der Waals surface area (Å²) >= 11 is 1.25. The van der Waals surface area contributed by atoms with Crippen molar-refractivity contribution in [3.63, 3.8) is 0 Å². The lowest BCUT2D eigenvalue weighted by Gasteiger charge is -2.23. The van der Waals surface area contributed by atoms with Gasteiger partial charge in [0.1, 0.15) is 6.61 Å². The highest BCUT2D eigenvalue weighted by atomic mass is 32.2. The molecule has 4 N–H and O–H groups in total. The molecule has 3 aromatic rings. The van der Waals surface area contributed by atoms with Crippen molar-refractivity contribution in [3.8, 4) is 17.1 Å². The van der Waals surface area contributed by atoms with E-state index in [9.17, 15) is 9.90 Å². The maximum atomic E-state index is 11.3. The fraction of sp³-hybridized carbons (Fsp3) is 0.393. The Balaban J connectivity index is 1.94. The monoisotopic (exact) mass is 508 g/mol. The van der Waals surface area contributed by atoms with Crippen LogP contribution in [0.3, 0.4) is 0 Å². The first-order valence-electron chi connectivity index (χ1n) is 12.1. The van der Waals surface area contributed by atoms with Crippen molar-refractivity contribution in [2.24, 2.45) is 11.1 Å². The van der Waals surface area contributed by atoms with Crippen LogP contribution in [-0.4, -0.2) is 33.7 Å². The number of carboxylic acid groups (broad SMARTS) is 1. The summed E-state index contributed by atoms with van der Waals surface area (Å²) in [5, 5.41) is 9.28. The number of rotatable bonds is 10. The lowest BCUT2D eigenvalue weighted by Crippen LogP contribution is -2.32. The number of nitrogens with two attached hydrogens (primary N) is 1. The van der Waals surface area contributed by atoms with E-state index in [0.29, 0.717) is 24.4 Å². The Hall–Kier alpha value is -3.10. The largest absolute Gasteiger partial charge is 0.478 e. The van der Waals surface area contributed by atoms with Crippen LogP contribution < -0.4 is 15.2 Å². The molecule has 1 atom stereocenters. The number of anilines is 1. The molecule has 0 spiro atoms. The van der Waals surface area contributed by atoms with Crippen LogP contribution in [0.5, 0.6) is 5.88 Å². The van der Waals surface area contributed by atoms with Crippen molar-refractivity contribution in [2.75, 3.05) is 11.3 Å². The smallest absolute Gasteiger partial charge is 0.335 e. The molecule has 1 unspecified atom stereocenters. The number of aryl methyl sites for hydroxylation is 1. The van der Waals surface area contributed by atoms with Crippen LogP contribution in [0.2, 0.25) is 0 Å². The van der Waals surface area contributed by atoms with Gasteiger partial charge in [-0.15, -0.1) is 0 Å². The topological polar surface area (TPSA) is 110 Å². The van der Waals surface area contributed by atoms with Gasteiger partial charge in [-0.3, -0.25) is 4.72 Å². The van der Waals surface area contributed by atoms with E-state index in [2.05, 4.69) is 69.4 Å². The molecule has 0 aliphatic rings. The number of benzene rings is 2. The third kappa shape index (κ3) is 7.70. The summed E-state index contributed by atoms with van der Waals surface area (Å²) in [5.41, 5.74) is 10.8. The first kappa shape index (κ1) is 27.5. The van der Waals surface area contributed by atoms with Crippen LogP contribution in [-0.2, 0) is 0 Å². The molecule has 0 aliphatic carbocycles. The summed E-state index contributed by atoms with van der Waals surface area (Å²) in [7, 11) is 0. The van der Waals surface area contributed by atoms with Crippen LogP contribution in [0, 0.1) is 12.3 Å². The average Bonchev–Trinajstić information content (AvgIpc) is 2.80. The number of aromatic nitrogens is 2. The van der Waals surface area contributed by atoms with E-state index >= 15 is 0 Å². The minimum Gasteiger partial charge on any atom is -0.478 e. The molecular formula is C28H36N4O3S. The summed E-state index contributed by atoms with van der Waals surface area (Å²) < 4.78 is 9.22. The highest BCUT2D eigenvalue weighted by molar-refractivity contribution is 8.00. The lowest BCUT2D eigenvalue weighted by molar-refractivity contribution is 0.0696. The van der Waals surface area contributed by atoms with E-state index in [1.165, 1.54) is 17.5 Å². The molecule has 0 saturated heterocycles. The molecule has 2 aromatic carbocycles. The van der Waals surface area contributed by atoms with Gasteiger partial charge in [-0.2, -0.15) is 4.98 Å². The normalized spacial score (nSPS) is 12.4. The van der Waals surface area contributed by atoms with Crippen molar-refractivity contribution in [1.29, 1.82) is 0 Å². The van der Waals surface area contributed by atoms with E-state index < -0.39 is 5.97 Å². The van der Waals surface area contributed by atoms with Crippen molar-refractivity contribution in [3.05, 3.63) is 65.2 Å². The van der Waals surface area contributed by atoms with Crippen LogP contribution >= 0.6 is 11.9 Å². The maximum Gasteiger partial charge on any atom is 0.335 e. The second-order valence-corrected chi connectivity index (χ2v) is 11.4. The summed E-state index contributed by atoms with van der Waals surface area (Å²) in [5.74, 6) is 0.142. The zero-order valence-corrected chi connectivity index (χ0v) is 22.6. The van der Waals surface area contributed by atoms with Gasteiger partial charge in [-0.25, -0.2) is 9.78 Å². The van der Waals surface area contributed by atoms with E-state index in [1.54, 1.807) is 18.2 Å². The Labute approximate surface area is 218 Å². The predicted octanol–water partition coefficient (Wildman–Crippen LogP) is 6.54. The maximum absolute atomic E-state index is 11.3. The van der Waals surface area contributed by atoms with Gasteiger partial charge in [0, 0.05) is 22.6 Å². The molecule has 0 amide bonds. The van der Waals surface area contributed by atoms with E-state index in [0.717, 1.165) is 28.1 Å². The summed E-state index contributed by atoms with van der Waals surface area (Å²) in [6, 6.07) is 14.7. The van der Waals surface area contributed by atoms with Gasteiger partial charge in [-0.05, 0) is 66.0 Å². The molecule has 0 bridgehead atoms. The number of ether oxygens (including phenoxy) is 1. The zero-order valence-electron chi connectivity index (χ0n) is 21.8. The van der Waals surface area contributed by atoms with Gasteiger partial charge in [0.15, 0.2) is 0 Å². The third-order valence-corrected chi connectivity index (χ3v) is 6.32. The van der Waals surface area contributed by atoms with Crippen LogP contribution in [0.4, 0.5) is 5.95 Å². The highest BCUT2D eigenvalue weighted by Gasteiger charge is 2.19. The molecule has 3 rings (SSSR count). The minimum absolute atomic E-state index is 0.0980. The first-order chi connectivity index (χ1) is 16.9. The fourth-order valence-electron chi connectivity index (χ4n) is 4.03. The zero-order chi connectivity index (χ0) is 26.5. The minimum atomic E-state index is -0.973. The van der Waals surface area contributed by atoms with Crippen LogP contribution in [0.1, 0.15) is 68.4 Å². The molecule has 7 nitrogen and oxygen atoms in total.